The lowest BCUT2D eigenvalue weighted by atomic mass is 9.69. The highest BCUT2D eigenvalue weighted by Crippen LogP contribution is 2.46. The summed E-state index contributed by atoms with van der Waals surface area (Å²) in [6.45, 7) is 0. The molecule has 2 heteroatoms. The number of aliphatic hydroxyl groups is 1. The number of fused-ring (bicyclic) bond motifs is 2. The minimum absolute atomic E-state index is 0.0187. The van der Waals surface area contributed by atoms with E-state index in [1.54, 1.807) is 0 Å². The topological polar surface area (TPSA) is 40.5 Å². The molecule has 1 saturated carbocycles. The third kappa shape index (κ3) is 2.14. The van der Waals surface area contributed by atoms with Crippen LogP contribution < -0.4 is 0 Å². The first-order valence-corrected chi connectivity index (χ1v) is 8.34. The third-order valence-corrected chi connectivity index (χ3v) is 5.49. The van der Waals surface area contributed by atoms with Gasteiger partial charge in [-0.3, -0.25) is 0 Å². The quantitative estimate of drug-likeness (QED) is 0.760. The molecular weight excluding hydrogens is 272 g/mol. The summed E-state index contributed by atoms with van der Waals surface area (Å²) in [7, 11) is 0. The van der Waals surface area contributed by atoms with Gasteiger partial charge in [-0.2, -0.15) is 0 Å². The summed E-state index contributed by atoms with van der Waals surface area (Å²) in [5, 5.41) is 23.4. The van der Waals surface area contributed by atoms with Crippen LogP contribution in [-0.2, 0) is 0 Å². The maximum absolute atomic E-state index is 10.8. The molecule has 0 aromatic heterocycles. The molecule has 2 aromatic rings. The van der Waals surface area contributed by atoms with Gasteiger partial charge in [0, 0.05) is 16.9 Å². The summed E-state index contributed by atoms with van der Waals surface area (Å²) in [5.41, 5.74) is 2.12. The molecule has 4 rings (SSSR count). The van der Waals surface area contributed by atoms with Gasteiger partial charge in [0.15, 0.2) is 0 Å². The molecule has 22 heavy (non-hydrogen) atoms. The van der Waals surface area contributed by atoms with Crippen molar-refractivity contribution >= 4 is 10.8 Å². The van der Waals surface area contributed by atoms with E-state index < -0.39 is 6.10 Å². The summed E-state index contributed by atoms with van der Waals surface area (Å²) in [6, 6.07) is 11.9. The molecule has 0 radical (unpaired) electrons. The number of allylic oxidation sites excluding steroid dienone is 1. The van der Waals surface area contributed by atoms with Crippen LogP contribution in [0.1, 0.15) is 43.6 Å². The zero-order valence-corrected chi connectivity index (χ0v) is 12.7. The Hall–Kier alpha value is -1.80. The minimum atomic E-state index is -0.439. The molecule has 0 aliphatic heterocycles. The molecule has 2 aromatic carbocycles. The molecule has 0 heterocycles. The molecule has 0 spiro atoms. The summed E-state index contributed by atoms with van der Waals surface area (Å²) in [6.07, 6.45) is 7.41. The molecule has 0 bridgehead atoms. The first-order valence-electron chi connectivity index (χ1n) is 8.34. The fraction of sp³-hybridized carbons (Fsp3) is 0.400. The van der Waals surface area contributed by atoms with Gasteiger partial charge in [0.1, 0.15) is 5.75 Å². The predicted molar refractivity (Wildman–Crippen MR) is 89.0 cm³/mol. The number of phenols is 1. The van der Waals surface area contributed by atoms with Crippen LogP contribution in [0, 0.1) is 5.92 Å². The van der Waals surface area contributed by atoms with Crippen LogP contribution in [0.3, 0.4) is 0 Å². The normalized spacial score (nSPS) is 28.2. The Morgan fingerprint density at radius 1 is 0.955 bits per heavy atom. The Kier molecular flexibility index (Phi) is 3.42. The van der Waals surface area contributed by atoms with Gasteiger partial charge in [0.2, 0.25) is 0 Å². The second-order valence-corrected chi connectivity index (χ2v) is 6.69. The summed E-state index contributed by atoms with van der Waals surface area (Å²) < 4.78 is 0. The lowest BCUT2D eigenvalue weighted by Crippen LogP contribution is -2.32. The highest BCUT2D eigenvalue weighted by atomic mass is 16.3. The second-order valence-electron chi connectivity index (χ2n) is 6.69. The highest BCUT2D eigenvalue weighted by molar-refractivity contribution is 5.89. The number of benzene rings is 2. The lowest BCUT2D eigenvalue weighted by Gasteiger charge is -2.38. The van der Waals surface area contributed by atoms with E-state index >= 15 is 0 Å². The smallest absolute Gasteiger partial charge is 0.126 e. The van der Waals surface area contributed by atoms with Gasteiger partial charge in [-0.1, -0.05) is 42.5 Å². The van der Waals surface area contributed by atoms with E-state index in [1.165, 1.54) is 18.4 Å². The van der Waals surface area contributed by atoms with Crippen molar-refractivity contribution < 1.29 is 10.2 Å². The number of hydrogen-bond donors (Lipinski definition) is 2. The zero-order valence-electron chi connectivity index (χ0n) is 12.7. The molecule has 2 aliphatic rings. The standard InChI is InChI=1S/C20H22O2/c21-19-15-7-3-1-5-13(15)9-11-17(19)18-12-10-14-6-2-4-8-16(14)20(18)22/h1,3,5,7-9,11,14,18,20-22H,2,4,6,10,12H2. The first kappa shape index (κ1) is 13.8. The molecule has 0 saturated heterocycles. The molecule has 2 N–H and O–H groups in total. The van der Waals surface area contributed by atoms with Crippen molar-refractivity contribution in [3.63, 3.8) is 0 Å². The van der Waals surface area contributed by atoms with Gasteiger partial charge >= 0.3 is 0 Å². The van der Waals surface area contributed by atoms with E-state index in [0.29, 0.717) is 11.7 Å². The van der Waals surface area contributed by atoms with Crippen LogP contribution >= 0.6 is 0 Å². The van der Waals surface area contributed by atoms with E-state index in [2.05, 4.69) is 12.1 Å². The van der Waals surface area contributed by atoms with Gasteiger partial charge in [-0.15, -0.1) is 0 Å². The fourth-order valence-corrected chi connectivity index (χ4v) is 4.31. The van der Waals surface area contributed by atoms with Crippen molar-refractivity contribution in [2.75, 3.05) is 0 Å². The number of phenolic OH excluding ortho intramolecular Hbond substituents is 1. The van der Waals surface area contributed by atoms with E-state index in [-0.39, 0.29) is 5.92 Å². The summed E-state index contributed by atoms with van der Waals surface area (Å²) in [5.74, 6) is 0.921. The number of hydrogen-bond acceptors (Lipinski definition) is 2. The number of aliphatic hydroxyl groups excluding tert-OH is 1. The molecular formula is C20H22O2. The third-order valence-electron chi connectivity index (χ3n) is 5.49. The highest BCUT2D eigenvalue weighted by Gasteiger charge is 2.36. The largest absolute Gasteiger partial charge is 0.507 e. The van der Waals surface area contributed by atoms with Crippen LogP contribution in [0.15, 0.2) is 48.0 Å². The molecule has 2 nitrogen and oxygen atoms in total. The van der Waals surface area contributed by atoms with Gasteiger partial charge in [-0.25, -0.2) is 0 Å². The maximum atomic E-state index is 10.8. The average Bonchev–Trinajstić information content (AvgIpc) is 2.57. The Balaban J connectivity index is 1.75. The van der Waals surface area contributed by atoms with Gasteiger partial charge in [-0.05, 0) is 49.0 Å². The summed E-state index contributed by atoms with van der Waals surface area (Å²) in [4.78, 5) is 0. The zero-order chi connectivity index (χ0) is 15.1. The molecule has 114 valence electrons. The van der Waals surface area contributed by atoms with Gasteiger partial charge in [0.25, 0.3) is 0 Å². The average molecular weight is 294 g/mol. The first-order chi connectivity index (χ1) is 10.8. The predicted octanol–water partition coefficient (Wildman–Crippen LogP) is 4.51. The van der Waals surface area contributed by atoms with Crippen molar-refractivity contribution in [2.24, 2.45) is 5.92 Å². The van der Waals surface area contributed by atoms with Crippen molar-refractivity contribution in [2.45, 2.75) is 44.1 Å². The van der Waals surface area contributed by atoms with E-state index in [4.69, 9.17) is 0 Å². The van der Waals surface area contributed by atoms with Gasteiger partial charge < -0.3 is 10.2 Å². The Bertz CT molecular complexity index is 732. The van der Waals surface area contributed by atoms with E-state index in [1.807, 2.05) is 30.3 Å². The van der Waals surface area contributed by atoms with Crippen molar-refractivity contribution in [3.05, 3.63) is 53.6 Å². The number of aromatic hydroxyl groups is 1. The van der Waals surface area contributed by atoms with Crippen LogP contribution in [-0.4, -0.2) is 16.3 Å². The van der Waals surface area contributed by atoms with Crippen LogP contribution in [0.2, 0.25) is 0 Å². The van der Waals surface area contributed by atoms with Gasteiger partial charge in [0.05, 0.1) is 6.10 Å². The van der Waals surface area contributed by atoms with E-state index in [9.17, 15) is 10.2 Å². The maximum Gasteiger partial charge on any atom is 0.126 e. The molecule has 3 atom stereocenters. The van der Waals surface area contributed by atoms with E-state index in [0.717, 1.165) is 35.6 Å². The monoisotopic (exact) mass is 294 g/mol. The minimum Gasteiger partial charge on any atom is -0.507 e. The SMILES string of the molecule is Oc1c(C2CCC3CCCC=C3C2O)ccc2ccccc12. The van der Waals surface area contributed by atoms with Crippen molar-refractivity contribution in [1.82, 2.24) is 0 Å². The second kappa shape index (κ2) is 5.44. The molecule has 0 amide bonds. The van der Waals surface area contributed by atoms with Crippen LogP contribution in [0.5, 0.6) is 5.75 Å². The lowest BCUT2D eigenvalue weighted by molar-refractivity contribution is 0.127. The molecule has 2 aliphatic carbocycles. The Labute approximate surface area is 131 Å². The Morgan fingerprint density at radius 2 is 1.82 bits per heavy atom. The molecule has 3 unspecified atom stereocenters. The van der Waals surface area contributed by atoms with Crippen molar-refractivity contribution in [3.8, 4) is 5.75 Å². The molecule has 1 fully saturated rings. The number of rotatable bonds is 1. The van der Waals surface area contributed by atoms with Crippen molar-refractivity contribution in [1.29, 1.82) is 0 Å². The summed E-state index contributed by atoms with van der Waals surface area (Å²) >= 11 is 0. The fourth-order valence-electron chi connectivity index (χ4n) is 4.31. The Morgan fingerprint density at radius 3 is 2.73 bits per heavy atom. The van der Waals surface area contributed by atoms with Crippen LogP contribution in [0.25, 0.3) is 10.8 Å². The van der Waals surface area contributed by atoms with Crippen LogP contribution in [0.4, 0.5) is 0 Å².